The number of amides is 1. The van der Waals surface area contributed by atoms with Gasteiger partial charge in [-0.3, -0.25) is 4.79 Å². The van der Waals surface area contributed by atoms with Gasteiger partial charge in [0.25, 0.3) is 5.91 Å². The second-order valence-electron chi connectivity index (χ2n) is 6.61. The third-order valence-electron chi connectivity index (χ3n) is 3.89. The molecule has 2 N–H and O–H groups in total. The Morgan fingerprint density at radius 2 is 1.70 bits per heavy atom. The maximum atomic E-state index is 12.3. The standard InChI is InChI=1S/C20H22F2N2O6/c1-10(2)29-18(26)16-11(3)17(23-12(16)4)19(27)28-9-15(25)24-13-5-7-14(8-6-13)30-20(21)22/h5-8,10,20,23H,9H2,1-4H3,(H,24,25). The van der Waals surface area contributed by atoms with Gasteiger partial charge in [0.2, 0.25) is 0 Å². The summed E-state index contributed by atoms with van der Waals surface area (Å²) < 4.78 is 38.6. The van der Waals surface area contributed by atoms with E-state index in [1.807, 2.05) is 0 Å². The van der Waals surface area contributed by atoms with Crippen LogP contribution in [0.4, 0.5) is 14.5 Å². The largest absolute Gasteiger partial charge is 0.459 e. The lowest BCUT2D eigenvalue weighted by atomic mass is 10.1. The highest BCUT2D eigenvalue weighted by molar-refractivity contribution is 5.99. The number of carbonyl (C=O) groups is 3. The number of halogens is 2. The quantitative estimate of drug-likeness (QED) is 0.627. The van der Waals surface area contributed by atoms with E-state index in [1.165, 1.54) is 24.3 Å². The summed E-state index contributed by atoms with van der Waals surface area (Å²) in [6.45, 7) is 3.08. The summed E-state index contributed by atoms with van der Waals surface area (Å²) in [6.07, 6.45) is -0.318. The lowest BCUT2D eigenvalue weighted by Crippen LogP contribution is -2.21. The molecule has 0 spiro atoms. The molecule has 30 heavy (non-hydrogen) atoms. The number of esters is 2. The van der Waals surface area contributed by atoms with Crippen molar-refractivity contribution in [2.45, 2.75) is 40.4 Å². The van der Waals surface area contributed by atoms with E-state index in [2.05, 4.69) is 15.0 Å². The lowest BCUT2D eigenvalue weighted by molar-refractivity contribution is -0.119. The molecule has 10 heteroatoms. The maximum Gasteiger partial charge on any atom is 0.387 e. The monoisotopic (exact) mass is 424 g/mol. The van der Waals surface area contributed by atoms with E-state index in [0.717, 1.165) is 0 Å². The number of H-pyrrole nitrogens is 1. The molecule has 8 nitrogen and oxygen atoms in total. The average molecular weight is 424 g/mol. The first-order valence-corrected chi connectivity index (χ1v) is 9.00. The molecule has 0 aliphatic rings. The molecule has 0 fully saturated rings. The molecule has 0 radical (unpaired) electrons. The molecule has 1 amide bonds. The summed E-state index contributed by atoms with van der Waals surface area (Å²) in [7, 11) is 0. The van der Waals surface area contributed by atoms with Crippen LogP contribution in [0.3, 0.4) is 0 Å². The van der Waals surface area contributed by atoms with Gasteiger partial charge in [0, 0.05) is 11.4 Å². The van der Waals surface area contributed by atoms with E-state index in [-0.39, 0.29) is 23.1 Å². The highest BCUT2D eigenvalue weighted by Gasteiger charge is 2.24. The smallest absolute Gasteiger partial charge is 0.387 e. The summed E-state index contributed by atoms with van der Waals surface area (Å²) in [4.78, 5) is 39.2. The van der Waals surface area contributed by atoms with Gasteiger partial charge in [-0.2, -0.15) is 8.78 Å². The first-order valence-electron chi connectivity index (χ1n) is 9.00. The number of ether oxygens (including phenoxy) is 3. The van der Waals surface area contributed by atoms with Gasteiger partial charge in [0.05, 0.1) is 11.7 Å². The molecule has 0 unspecified atom stereocenters. The van der Waals surface area contributed by atoms with Crippen LogP contribution >= 0.6 is 0 Å². The molecule has 0 aliphatic heterocycles. The van der Waals surface area contributed by atoms with Gasteiger partial charge < -0.3 is 24.5 Å². The SMILES string of the molecule is Cc1[nH]c(C(=O)OCC(=O)Nc2ccc(OC(F)F)cc2)c(C)c1C(=O)OC(C)C. The van der Waals surface area contributed by atoms with Crippen LogP contribution in [0.15, 0.2) is 24.3 Å². The number of anilines is 1. The van der Waals surface area contributed by atoms with Gasteiger partial charge in [-0.25, -0.2) is 9.59 Å². The summed E-state index contributed by atoms with van der Waals surface area (Å²) in [6, 6.07) is 5.25. The maximum absolute atomic E-state index is 12.3. The molecule has 0 atom stereocenters. The first kappa shape index (κ1) is 22.9. The van der Waals surface area contributed by atoms with Crippen molar-refractivity contribution >= 4 is 23.5 Å². The van der Waals surface area contributed by atoms with Crippen molar-refractivity contribution in [3.05, 3.63) is 46.8 Å². The van der Waals surface area contributed by atoms with Crippen LogP contribution in [0, 0.1) is 13.8 Å². The Labute approximate surface area is 171 Å². The number of aryl methyl sites for hydroxylation is 1. The fourth-order valence-corrected chi connectivity index (χ4v) is 2.65. The number of nitrogens with one attached hydrogen (secondary N) is 2. The van der Waals surface area contributed by atoms with Crippen LogP contribution in [-0.2, 0) is 14.3 Å². The van der Waals surface area contributed by atoms with Gasteiger partial charge in [-0.1, -0.05) is 0 Å². The molecule has 162 valence electrons. The summed E-state index contributed by atoms with van der Waals surface area (Å²) in [5, 5.41) is 2.46. The second kappa shape index (κ2) is 9.86. The third kappa shape index (κ3) is 6.03. The van der Waals surface area contributed by atoms with E-state index in [1.54, 1.807) is 27.7 Å². The zero-order chi connectivity index (χ0) is 22.4. The van der Waals surface area contributed by atoms with Crippen molar-refractivity contribution in [3.63, 3.8) is 0 Å². The van der Waals surface area contributed by atoms with Crippen molar-refractivity contribution in [2.75, 3.05) is 11.9 Å². The predicted molar refractivity (Wildman–Crippen MR) is 103 cm³/mol. The number of hydrogen-bond donors (Lipinski definition) is 2. The second-order valence-corrected chi connectivity index (χ2v) is 6.61. The minimum absolute atomic E-state index is 0.0458. The molecular formula is C20H22F2N2O6. The Kier molecular flexibility index (Phi) is 7.51. The third-order valence-corrected chi connectivity index (χ3v) is 3.89. The average Bonchev–Trinajstić information content (AvgIpc) is 2.94. The highest BCUT2D eigenvalue weighted by atomic mass is 19.3. The van der Waals surface area contributed by atoms with E-state index in [9.17, 15) is 23.2 Å². The highest BCUT2D eigenvalue weighted by Crippen LogP contribution is 2.21. The van der Waals surface area contributed by atoms with E-state index in [4.69, 9.17) is 9.47 Å². The fraction of sp³-hybridized carbons (Fsp3) is 0.350. The lowest BCUT2D eigenvalue weighted by Gasteiger charge is -2.09. The van der Waals surface area contributed by atoms with Crippen molar-refractivity contribution in [3.8, 4) is 5.75 Å². The summed E-state index contributed by atoms with van der Waals surface area (Å²) >= 11 is 0. The Hall–Kier alpha value is -3.43. The van der Waals surface area contributed by atoms with Crippen LogP contribution in [0.5, 0.6) is 5.75 Å². The zero-order valence-corrected chi connectivity index (χ0v) is 16.9. The number of rotatable bonds is 8. The zero-order valence-electron chi connectivity index (χ0n) is 16.9. The molecule has 2 rings (SSSR count). The van der Waals surface area contributed by atoms with Gasteiger partial charge in [-0.15, -0.1) is 0 Å². The van der Waals surface area contributed by atoms with Gasteiger partial charge in [0.1, 0.15) is 11.4 Å². The van der Waals surface area contributed by atoms with Gasteiger partial charge in [0.15, 0.2) is 6.61 Å². The van der Waals surface area contributed by atoms with Crippen molar-refractivity contribution < 1.29 is 37.4 Å². The van der Waals surface area contributed by atoms with Crippen molar-refractivity contribution in [1.82, 2.24) is 4.98 Å². The molecule has 1 aromatic heterocycles. The van der Waals surface area contributed by atoms with Gasteiger partial charge in [-0.05, 0) is 57.5 Å². The van der Waals surface area contributed by atoms with Crippen LogP contribution < -0.4 is 10.1 Å². The Bertz CT molecular complexity index is 922. The van der Waals surface area contributed by atoms with Crippen LogP contribution in [0.1, 0.15) is 46.0 Å². The number of aromatic amines is 1. The normalized spacial score (nSPS) is 10.8. The number of benzene rings is 1. The minimum atomic E-state index is -2.95. The van der Waals surface area contributed by atoms with E-state index < -0.39 is 31.1 Å². The Morgan fingerprint density at radius 1 is 1.07 bits per heavy atom. The van der Waals surface area contributed by atoms with E-state index >= 15 is 0 Å². The number of carbonyl (C=O) groups excluding carboxylic acids is 3. The fourth-order valence-electron chi connectivity index (χ4n) is 2.65. The van der Waals surface area contributed by atoms with E-state index in [0.29, 0.717) is 16.9 Å². The number of alkyl halides is 2. The summed E-state index contributed by atoms with van der Waals surface area (Å²) in [5.74, 6) is -2.06. The molecule has 0 saturated carbocycles. The first-order chi connectivity index (χ1) is 14.1. The van der Waals surface area contributed by atoms with Gasteiger partial charge >= 0.3 is 18.6 Å². The van der Waals surface area contributed by atoms with Crippen LogP contribution in [0.2, 0.25) is 0 Å². The van der Waals surface area contributed by atoms with Crippen molar-refractivity contribution in [1.29, 1.82) is 0 Å². The molecule has 1 aromatic carbocycles. The topological polar surface area (TPSA) is 107 Å². The van der Waals surface area contributed by atoms with Crippen LogP contribution in [-0.4, -0.2) is 42.2 Å². The number of aromatic nitrogens is 1. The molecular weight excluding hydrogens is 402 g/mol. The molecule has 0 saturated heterocycles. The minimum Gasteiger partial charge on any atom is -0.459 e. The molecule has 2 aromatic rings. The van der Waals surface area contributed by atoms with Crippen molar-refractivity contribution in [2.24, 2.45) is 0 Å². The number of hydrogen-bond acceptors (Lipinski definition) is 6. The molecule has 0 aliphatic carbocycles. The molecule has 0 bridgehead atoms. The van der Waals surface area contributed by atoms with Crippen LogP contribution in [0.25, 0.3) is 0 Å². The predicted octanol–water partition coefficient (Wildman–Crippen LogP) is 3.59. The Balaban J connectivity index is 1.95. The summed E-state index contributed by atoms with van der Waals surface area (Å²) in [5.41, 5.74) is 1.40. The Morgan fingerprint density at radius 3 is 2.27 bits per heavy atom. The molecule has 1 heterocycles.